The second kappa shape index (κ2) is 6.69. The fraction of sp³-hybridized carbons (Fsp3) is 0.188. The van der Waals surface area contributed by atoms with Crippen molar-refractivity contribution in [2.24, 2.45) is 0 Å². The highest BCUT2D eigenvalue weighted by molar-refractivity contribution is 5.96. The Labute approximate surface area is 135 Å². The quantitative estimate of drug-likeness (QED) is 0.898. The maximum absolute atomic E-state index is 12.5. The lowest BCUT2D eigenvalue weighted by Gasteiger charge is -2.10. The van der Waals surface area contributed by atoms with Crippen LogP contribution in [0.4, 0.5) is 13.2 Å². The van der Waals surface area contributed by atoms with Crippen LogP contribution in [0.2, 0.25) is 0 Å². The Morgan fingerprint density at radius 3 is 2.21 bits per heavy atom. The summed E-state index contributed by atoms with van der Waals surface area (Å²) in [5, 5.41) is 11.0. The Kier molecular flexibility index (Phi) is 4.87. The van der Waals surface area contributed by atoms with Crippen LogP contribution in [0.1, 0.15) is 22.8 Å². The molecule has 0 unspecified atom stereocenters. The number of aromatic nitrogens is 1. The molecule has 0 saturated heterocycles. The predicted molar refractivity (Wildman–Crippen MR) is 79.2 cm³/mol. The minimum atomic E-state index is -4.45. The van der Waals surface area contributed by atoms with Crippen molar-refractivity contribution >= 4 is 11.9 Å². The van der Waals surface area contributed by atoms with Crippen LogP contribution in [0, 0.1) is 0 Å². The Hall–Kier alpha value is -2.90. The molecule has 2 aromatic rings. The van der Waals surface area contributed by atoms with Gasteiger partial charge in [-0.1, -0.05) is 12.1 Å². The first kappa shape index (κ1) is 17.5. The molecule has 0 fully saturated rings. The number of halogens is 3. The third-order valence-electron chi connectivity index (χ3n) is 3.25. The number of carboxylic acids is 1. The first-order valence-corrected chi connectivity index (χ1v) is 6.86. The molecule has 5 nitrogen and oxygen atoms in total. The van der Waals surface area contributed by atoms with Crippen molar-refractivity contribution in [1.82, 2.24) is 10.3 Å². The number of alkyl halides is 3. The van der Waals surface area contributed by atoms with E-state index in [1.165, 1.54) is 37.3 Å². The molecule has 2 rings (SSSR count). The molecule has 8 heteroatoms. The average Bonchev–Trinajstić information content (AvgIpc) is 2.54. The third-order valence-corrected chi connectivity index (χ3v) is 3.25. The summed E-state index contributed by atoms with van der Waals surface area (Å²) in [6.45, 7) is 1.33. The van der Waals surface area contributed by atoms with Crippen molar-refractivity contribution in [1.29, 1.82) is 0 Å². The number of hydrogen-bond donors (Lipinski definition) is 2. The Bertz CT molecular complexity index is 741. The van der Waals surface area contributed by atoms with Crippen molar-refractivity contribution in [3.05, 3.63) is 53.7 Å². The van der Waals surface area contributed by atoms with Crippen LogP contribution in [-0.4, -0.2) is 28.0 Å². The summed E-state index contributed by atoms with van der Waals surface area (Å²) < 4.78 is 37.5. The van der Waals surface area contributed by atoms with Gasteiger partial charge in [0.25, 0.3) is 5.91 Å². The van der Waals surface area contributed by atoms with Gasteiger partial charge in [0.15, 0.2) is 0 Å². The second-order valence-electron chi connectivity index (χ2n) is 5.04. The SMILES string of the molecule is C[C@H](NC(=O)c1ccc(-c2ccc(C(F)(F)F)cn2)cc1)C(=O)O. The lowest BCUT2D eigenvalue weighted by atomic mass is 10.1. The summed E-state index contributed by atoms with van der Waals surface area (Å²) in [7, 11) is 0. The molecule has 1 aromatic carbocycles. The molecule has 1 atom stereocenters. The number of rotatable bonds is 4. The van der Waals surface area contributed by atoms with E-state index in [0.717, 1.165) is 12.3 Å². The van der Waals surface area contributed by atoms with Crippen LogP contribution in [-0.2, 0) is 11.0 Å². The topological polar surface area (TPSA) is 79.3 Å². The molecule has 1 amide bonds. The van der Waals surface area contributed by atoms with Gasteiger partial charge in [-0.25, -0.2) is 0 Å². The van der Waals surface area contributed by atoms with Gasteiger partial charge in [-0.05, 0) is 31.2 Å². The van der Waals surface area contributed by atoms with Gasteiger partial charge < -0.3 is 10.4 Å². The zero-order valence-electron chi connectivity index (χ0n) is 12.5. The van der Waals surface area contributed by atoms with E-state index in [1.54, 1.807) is 0 Å². The van der Waals surface area contributed by atoms with E-state index in [1.807, 2.05) is 0 Å². The van der Waals surface area contributed by atoms with Gasteiger partial charge in [0, 0.05) is 17.3 Å². The van der Waals surface area contributed by atoms with E-state index in [9.17, 15) is 22.8 Å². The fourth-order valence-electron chi connectivity index (χ4n) is 1.87. The maximum Gasteiger partial charge on any atom is 0.417 e. The Morgan fingerprint density at radius 1 is 1.12 bits per heavy atom. The minimum Gasteiger partial charge on any atom is -0.480 e. The van der Waals surface area contributed by atoms with Gasteiger partial charge in [0.05, 0.1) is 11.3 Å². The molecule has 0 aliphatic carbocycles. The lowest BCUT2D eigenvalue weighted by molar-refractivity contribution is -0.139. The first-order chi connectivity index (χ1) is 11.2. The lowest BCUT2D eigenvalue weighted by Crippen LogP contribution is -2.38. The number of amides is 1. The third kappa shape index (κ3) is 4.09. The highest BCUT2D eigenvalue weighted by Crippen LogP contribution is 2.29. The van der Waals surface area contributed by atoms with Gasteiger partial charge >= 0.3 is 12.1 Å². The average molecular weight is 338 g/mol. The predicted octanol–water partition coefficient (Wildman–Crippen LogP) is 2.97. The zero-order chi connectivity index (χ0) is 17.9. The number of aliphatic carboxylic acids is 1. The highest BCUT2D eigenvalue weighted by atomic mass is 19.4. The van der Waals surface area contributed by atoms with Gasteiger partial charge in [-0.3, -0.25) is 14.6 Å². The summed E-state index contributed by atoms with van der Waals surface area (Å²) in [6, 6.07) is 7.07. The molecule has 2 N–H and O–H groups in total. The molecule has 0 aliphatic rings. The Balaban J connectivity index is 2.14. The number of carbonyl (C=O) groups excluding carboxylic acids is 1. The maximum atomic E-state index is 12.5. The Morgan fingerprint density at radius 2 is 1.75 bits per heavy atom. The minimum absolute atomic E-state index is 0.235. The smallest absolute Gasteiger partial charge is 0.417 e. The molecule has 0 bridgehead atoms. The summed E-state index contributed by atoms with van der Waals surface area (Å²) in [6.07, 6.45) is -3.71. The standard InChI is InChI=1S/C16H13F3N2O3/c1-9(15(23)24)21-14(22)11-4-2-10(3-5-11)13-7-6-12(8-20-13)16(17,18)19/h2-9H,1H3,(H,21,22)(H,23,24)/t9-/m0/s1. The monoisotopic (exact) mass is 338 g/mol. The van der Waals surface area contributed by atoms with E-state index in [2.05, 4.69) is 10.3 Å². The van der Waals surface area contributed by atoms with Crippen molar-refractivity contribution < 1.29 is 27.9 Å². The van der Waals surface area contributed by atoms with E-state index in [0.29, 0.717) is 11.3 Å². The zero-order valence-corrected chi connectivity index (χ0v) is 12.5. The van der Waals surface area contributed by atoms with Gasteiger partial charge in [0.2, 0.25) is 0 Å². The first-order valence-electron chi connectivity index (χ1n) is 6.86. The van der Waals surface area contributed by atoms with Crippen molar-refractivity contribution in [3.63, 3.8) is 0 Å². The molecule has 0 radical (unpaired) electrons. The van der Waals surface area contributed by atoms with Gasteiger partial charge in [-0.15, -0.1) is 0 Å². The van der Waals surface area contributed by atoms with Crippen LogP contribution >= 0.6 is 0 Å². The number of pyridine rings is 1. The summed E-state index contributed by atoms with van der Waals surface area (Å²) in [5.41, 5.74) is 0.254. The van der Waals surface area contributed by atoms with Crippen LogP contribution in [0.15, 0.2) is 42.6 Å². The largest absolute Gasteiger partial charge is 0.480 e. The summed E-state index contributed by atoms with van der Waals surface area (Å²) in [4.78, 5) is 26.3. The summed E-state index contributed by atoms with van der Waals surface area (Å²) in [5.74, 6) is -1.72. The van der Waals surface area contributed by atoms with Crippen molar-refractivity contribution in [2.75, 3.05) is 0 Å². The van der Waals surface area contributed by atoms with E-state index < -0.39 is 29.7 Å². The normalized spacial score (nSPS) is 12.5. The summed E-state index contributed by atoms with van der Waals surface area (Å²) >= 11 is 0. The number of carbonyl (C=O) groups is 2. The highest BCUT2D eigenvalue weighted by Gasteiger charge is 2.30. The molecular formula is C16H13F3N2O3. The van der Waals surface area contributed by atoms with E-state index in [4.69, 9.17) is 5.11 Å². The van der Waals surface area contributed by atoms with Crippen LogP contribution in [0.3, 0.4) is 0 Å². The molecule has 1 heterocycles. The fourth-order valence-corrected chi connectivity index (χ4v) is 1.87. The molecule has 126 valence electrons. The van der Waals surface area contributed by atoms with E-state index in [-0.39, 0.29) is 5.56 Å². The molecule has 24 heavy (non-hydrogen) atoms. The van der Waals surface area contributed by atoms with E-state index >= 15 is 0 Å². The van der Waals surface area contributed by atoms with Crippen LogP contribution < -0.4 is 5.32 Å². The molecule has 1 aromatic heterocycles. The number of hydrogen-bond acceptors (Lipinski definition) is 3. The number of nitrogens with one attached hydrogen (secondary N) is 1. The van der Waals surface area contributed by atoms with Crippen LogP contribution in [0.25, 0.3) is 11.3 Å². The molecule has 0 saturated carbocycles. The van der Waals surface area contributed by atoms with Crippen molar-refractivity contribution in [3.8, 4) is 11.3 Å². The van der Waals surface area contributed by atoms with Crippen molar-refractivity contribution in [2.45, 2.75) is 19.1 Å². The van der Waals surface area contributed by atoms with Gasteiger partial charge in [0.1, 0.15) is 6.04 Å². The molecule has 0 aliphatic heterocycles. The molecular weight excluding hydrogens is 325 g/mol. The number of benzene rings is 1. The van der Waals surface area contributed by atoms with Crippen LogP contribution in [0.5, 0.6) is 0 Å². The number of carboxylic acid groups (broad SMARTS) is 1. The number of nitrogens with zero attached hydrogens (tertiary/aromatic N) is 1. The second-order valence-corrected chi connectivity index (χ2v) is 5.04. The van der Waals surface area contributed by atoms with Gasteiger partial charge in [-0.2, -0.15) is 13.2 Å². The molecule has 0 spiro atoms.